The summed E-state index contributed by atoms with van der Waals surface area (Å²) in [6, 6.07) is 0. The normalized spacial score (nSPS) is 27.1. The fourth-order valence-corrected chi connectivity index (χ4v) is 1.26. The van der Waals surface area contributed by atoms with Crippen molar-refractivity contribution in [1.29, 1.82) is 0 Å². The lowest BCUT2D eigenvalue weighted by atomic mass is 10.1. The topological polar surface area (TPSA) is 153 Å². The standard InChI is InChI=1S/C6H12O6.C6H10O3/c7-1-3(9)5(11)6(12)4(10)2-8;1(5-3-8-5)7-2-6-4-9-6/h3,5-9,11-12H,1-2H2;5-6H,1-4H2/t3-,5-,6-;/m1./s1. The van der Waals surface area contributed by atoms with Gasteiger partial charge in [-0.3, -0.25) is 4.79 Å². The maximum Gasteiger partial charge on any atom is 0.189 e. The van der Waals surface area contributed by atoms with Crippen molar-refractivity contribution >= 4 is 5.78 Å². The summed E-state index contributed by atoms with van der Waals surface area (Å²) in [7, 11) is 0. The molecule has 0 radical (unpaired) electrons. The molecule has 0 bridgehead atoms. The highest BCUT2D eigenvalue weighted by Gasteiger charge is 2.29. The number of epoxide rings is 2. The van der Waals surface area contributed by atoms with Crippen LogP contribution in [-0.2, 0) is 19.0 Å². The molecule has 124 valence electrons. The summed E-state index contributed by atoms with van der Waals surface area (Å²) in [5.41, 5.74) is 0. The monoisotopic (exact) mass is 310 g/mol. The van der Waals surface area contributed by atoms with Gasteiger partial charge in [0.25, 0.3) is 0 Å². The van der Waals surface area contributed by atoms with Crippen LogP contribution >= 0.6 is 0 Å². The third-order valence-electron chi connectivity index (χ3n) is 2.80. The van der Waals surface area contributed by atoms with Crippen LogP contribution in [0.15, 0.2) is 0 Å². The number of aliphatic hydroxyl groups is 5. The lowest BCUT2D eigenvalue weighted by Crippen LogP contribution is -2.44. The molecule has 0 aliphatic carbocycles. The van der Waals surface area contributed by atoms with Crippen molar-refractivity contribution in [1.82, 2.24) is 0 Å². The first-order valence-corrected chi connectivity index (χ1v) is 6.59. The van der Waals surface area contributed by atoms with E-state index in [-0.39, 0.29) is 0 Å². The third kappa shape index (κ3) is 7.79. The van der Waals surface area contributed by atoms with Gasteiger partial charge >= 0.3 is 0 Å². The quantitative estimate of drug-likeness (QED) is 0.272. The molecule has 0 aromatic rings. The van der Waals surface area contributed by atoms with Crippen LogP contribution in [0.4, 0.5) is 0 Å². The first-order chi connectivity index (χ1) is 9.99. The molecule has 2 fully saturated rings. The summed E-state index contributed by atoms with van der Waals surface area (Å²) >= 11 is 0. The van der Waals surface area contributed by atoms with Crippen molar-refractivity contribution in [2.45, 2.75) is 30.5 Å². The van der Waals surface area contributed by atoms with Gasteiger partial charge < -0.3 is 39.7 Å². The van der Waals surface area contributed by atoms with Crippen LogP contribution in [0, 0.1) is 0 Å². The third-order valence-corrected chi connectivity index (χ3v) is 2.80. The second kappa shape index (κ2) is 9.38. The molecule has 5 N–H and O–H groups in total. The molecule has 0 aromatic carbocycles. The Morgan fingerprint density at radius 1 is 1.10 bits per heavy atom. The first kappa shape index (κ1) is 18.4. The lowest BCUT2D eigenvalue weighted by Gasteiger charge is -2.19. The molecule has 2 heterocycles. The van der Waals surface area contributed by atoms with E-state index in [9.17, 15) is 4.79 Å². The second-order valence-corrected chi connectivity index (χ2v) is 4.76. The maximum atomic E-state index is 10.5. The SMILES string of the molecule is C(OCC1CO1)C1CO1.O=C(CO)[C@@H](O)[C@H](O)[C@H](O)CO. The Morgan fingerprint density at radius 3 is 1.90 bits per heavy atom. The first-order valence-electron chi connectivity index (χ1n) is 6.59. The molecule has 2 aliphatic rings. The molecule has 0 aromatic heterocycles. The van der Waals surface area contributed by atoms with Crippen LogP contribution in [0.1, 0.15) is 0 Å². The number of hydrogen-bond donors (Lipinski definition) is 5. The van der Waals surface area contributed by atoms with Crippen LogP contribution in [0.25, 0.3) is 0 Å². The van der Waals surface area contributed by atoms with Crippen molar-refractivity contribution in [2.75, 3.05) is 39.6 Å². The number of ketones is 1. The van der Waals surface area contributed by atoms with Crippen molar-refractivity contribution in [2.24, 2.45) is 0 Å². The molecule has 0 saturated carbocycles. The van der Waals surface area contributed by atoms with Gasteiger partial charge in [0.15, 0.2) is 5.78 Å². The van der Waals surface area contributed by atoms with Gasteiger partial charge in [0.1, 0.15) is 37.1 Å². The van der Waals surface area contributed by atoms with Gasteiger partial charge in [-0.15, -0.1) is 0 Å². The minimum atomic E-state index is -1.86. The molecule has 2 saturated heterocycles. The Bertz CT molecular complexity index is 291. The van der Waals surface area contributed by atoms with Gasteiger partial charge in [-0.2, -0.15) is 0 Å². The molecule has 21 heavy (non-hydrogen) atoms. The van der Waals surface area contributed by atoms with Crippen LogP contribution in [0.2, 0.25) is 0 Å². The lowest BCUT2D eigenvalue weighted by molar-refractivity contribution is -0.142. The highest BCUT2D eigenvalue weighted by molar-refractivity contribution is 5.84. The van der Waals surface area contributed by atoms with Gasteiger partial charge in [-0.25, -0.2) is 0 Å². The summed E-state index contributed by atoms with van der Waals surface area (Å²) < 4.78 is 15.1. The Labute approximate surface area is 121 Å². The van der Waals surface area contributed by atoms with Gasteiger partial charge in [-0.05, 0) is 0 Å². The summed E-state index contributed by atoms with van der Waals surface area (Å²) in [6.45, 7) is 1.57. The van der Waals surface area contributed by atoms with E-state index in [4.69, 9.17) is 39.7 Å². The highest BCUT2D eigenvalue weighted by atomic mass is 16.6. The highest BCUT2D eigenvalue weighted by Crippen LogP contribution is 2.12. The molecular formula is C12H22O9. The summed E-state index contributed by atoms with van der Waals surface area (Å²) in [5, 5.41) is 43.1. The van der Waals surface area contributed by atoms with Gasteiger partial charge in [0.2, 0.25) is 0 Å². The number of aliphatic hydroxyl groups excluding tert-OH is 5. The number of hydrogen-bond acceptors (Lipinski definition) is 9. The number of ether oxygens (including phenoxy) is 3. The molecule has 2 aliphatic heterocycles. The number of carbonyl (C=O) groups excluding carboxylic acids is 1. The fraction of sp³-hybridized carbons (Fsp3) is 0.917. The molecule has 5 atom stereocenters. The van der Waals surface area contributed by atoms with E-state index < -0.39 is 37.3 Å². The molecule has 2 rings (SSSR count). The van der Waals surface area contributed by atoms with Crippen molar-refractivity contribution < 1.29 is 44.5 Å². The number of carbonyl (C=O) groups is 1. The molecule has 0 amide bonds. The van der Waals surface area contributed by atoms with Gasteiger partial charge in [-0.1, -0.05) is 0 Å². The number of Topliss-reactive ketones (excluding diaryl/α,β-unsaturated/α-hetero) is 1. The smallest absolute Gasteiger partial charge is 0.189 e. The van der Waals surface area contributed by atoms with Crippen LogP contribution < -0.4 is 0 Å². The van der Waals surface area contributed by atoms with E-state index in [1.807, 2.05) is 0 Å². The predicted molar refractivity (Wildman–Crippen MR) is 67.5 cm³/mol. The summed E-state index contributed by atoms with van der Waals surface area (Å²) in [4.78, 5) is 10.5. The van der Waals surface area contributed by atoms with E-state index in [2.05, 4.69) is 0 Å². The van der Waals surface area contributed by atoms with Gasteiger partial charge in [0, 0.05) is 0 Å². The predicted octanol–water partition coefficient (Wildman–Crippen LogP) is -3.58. The van der Waals surface area contributed by atoms with Crippen molar-refractivity contribution in [3.05, 3.63) is 0 Å². The minimum absolute atomic E-state index is 0.392. The van der Waals surface area contributed by atoms with Gasteiger partial charge in [0.05, 0.1) is 33.0 Å². The number of rotatable bonds is 9. The van der Waals surface area contributed by atoms with E-state index in [0.29, 0.717) is 12.2 Å². The van der Waals surface area contributed by atoms with Crippen molar-refractivity contribution in [3.63, 3.8) is 0 Å². The zero-order valence-electron chi connectivity index (χ0n) is 11.5. The second-order valence-electron chi connectivity index (χ2n) is 4.76. The zero-order chi connectivity index (χ0) is 15.8. The summed E-state index contributed by atoms with van der Waals surface area (Å²) in [6.07, 6.45) is -4.44. The molecule has 2 unspecified atom stereocenters. The van der Waals surface area contributed by atoms with E-state index in [0.717, 1.165) is 26.4 Å². The van der Waals surface area contributed by atoms with Crippen LogP contribution in [-0.4, -0.2) is 101 Å². The molecule has 9 heteroatoms. The Hall–Kier alpha value is -0.650. The fourth-order valence-electron chi connectivity index (χ4n) is 1.26. The zero-order valence-corrected chi connectivity index (χ0v) is 11.5. The Morgan fingerprint density at radius 2 is 1.57 bits per heavy atom. The minimum Gasteiger partial charge on any atom is -0.394 e. The average Bonchev–Trinajstić information content (AvgIpc) is 3.39. The molecule has 9 nitrogen and oxygen atoms in total. The van der Waals surface area contributed by atoms with Crippen LogP contribution in [0.5, 0.6) is 0 Å². The van der Waals surface area contributed by atoms with Crippen molar-refractivity contribution in [3.8, 4) is 0 Å². The Balaban J connectivity index is 0.000000216. The molecule has 0 spiro atoms. The average molecular weight is 310 g/mol. The summed E-state index contributed by atoms with van der Waals surface area (Å²) in [5.74, 6) is -1.00. The maximum absolute atomic E-state index is 10.5. The van der Waals surface area contributed by atoms with E-state index in [1.54, 1.807) is 0 Å². The molecular weight excluding hydrogens is 288 g/mol. The Kier molecular flexibility index (Phi) is 8.22. The van der Waals surface area contributed by atoms with E-state index in [1.165, 1.54) is 0 Å². The van der Waals surface area contributed by atoms with E-state index >= 15 is 0 Å². The van der Waals surface area contributed by atoms with Crippen LogP contribution in [0.3, 0.4) is 0 Å². The largest absolute Gasteiger partial charge is 0.394 e.